The van der Waals surface area contributed by atoms with Crippen LogP contribution in [-0.4, -0.2) is 43.1 Å². The highest BCUT2D eigenvalue weighted by molar-refractivity contribution is 5.97. The van der Waals surface area contributed by atoms with E-state index < -0.39 is 0 Å². The number of hydrogen-bond acceptors (Lipinski definition) is 4. The molecule has 0 heterocycles. The molecule has 0 atom stereocenters. The third-order valence-electron chi connectivity index (χ3n) is 3.02. The number of nitrogens with zero attached hydrogens (tertiary/aromatic N) is 2. The van der Waals surface area contributed by atoms with Crippen molar-refractivity contribution in [2.75, 3.05) is 27.2 Å². The summed E-state index contributed by atoms with van der Waals surface area (Å²) in [6.45, 7) is 4.97. The summed E-state index contributed by atoms with van der Waals surface area (Å²) in [7, 11) is 4.16. The van der Waals surface area contributed by atoms with Crippen molar-refractivity contribution >= 4 is 5.84 Å². The monoisotopic (exact) mass is 264 g/mol. The lowest BCUT2D eigenvalue weighted by molar-refractivity contribution is 0.318. The first kappa shape index (κ1) is 15.5. The fourth-order valence-electron chi connectivity index (χ4n) is 1.85. The van der Waals surface area contributed by atoms with Crippen LogP contribution in [0.5, 0.6) is 0 Å². The van der Waals surface area contributed by atoms with E-state index in [1.54, 1.807) is 0 Å². The van der Waals surface area contributed by atoms with Crippen molar-refractivity contribution in [1.29, 1.82) is 0 Å². The minimum atomic E-state index is 0.147. The van der Waals surface area contributed by atoms with Gasteiger partial charge in [0.15, 0.2) is 5.84 Å². The Morgan fingerprint density at radius 3 is 2.74 bits per heavy atom. The van der Waals surface area contributed by atoms with Gasteiger partial charge in [0, 0.05) is 12.1 Å². The molecular weight excluding hydrogens is 240 g/mol. The lowest BCUT2D eigenvalue weighted by atomic mass is 10.0. The highest BCUT2D eigenvalue weighted by Gasteiger charge is 2.03. The van der Waals surface area contributed by atoms with E-state index >= 15 is 0 Å². The predicted octanol–water partition coefficient (Wildman–Crippen LogP) is 1.13. The molecule has 1 rings (SSSR count). The number of amidine groups is 1. The zero-order chi connectivity index (χ0) is 14.3. The van der Waals surface area contributed by atoms with Crippen LogP contribution in [0.2, 0.25) is 0 Å². The summed E-state index contributed by atoms with van der Waals surface area (Å²) in [4.78, 5) is 2.18. The van der Waals surface area contributed by atoms with E-state index in [1.165, 1.54) is 5.56 Å². The van der Waals surface area contributed by atoms with Crippen LogP contribution >= 0.6 is 0 Å². The fraction of sp³-hybridized carbons (Fsp3) is 0.500. The zero-order valence-electron chi connectivity index (χ0n) is 12.0. The zero-order valence-corrected chi connectivity index (χ0v) is 12.0. The van der Waals surface area contributed by atoms with Gasteiger partial charge in [0.25, 0.3) is 0 Å². The molecule has 0 aliphatic heterocycles. The van der Waals surface area contributed by atoms with E-state index in [0.717, 1.165) is 37.2 Å². The van der Waals surface area contributed by atoms with Gasteiger partial charge in [-0.2, -0.15) is 0 Å². The van der Waals surface area contributed by atoms with Crippen molar-refractivity contribution in [3.05, 3.63) is 34.9 Å². The maximum Gasteiger partial charge on any atom is 0.170 e. The first-order valence-electron chi connectivity index (χ1n) is 6.47. The molecule has 0 bridgehead atoms. The Labute approximate surface area is 115 Å². The van der Waals surface area contributed by atoms with Crippen LogP contribution in [0.25, 0.3) is 0 Å². The minimum absolute atomic E-state index is 0.147. The maximum absolute atomic E-state index is 8.64. The van der Waals surface area contributed by atoms with Gasteiger partial charge in [-0.15, -0.1) is 0 Å². The molecule has 1 aromatic rings. The molecular formula is C14H24N4O. The summed E-state index contributed by atoms with van der Waals surface area (Å²) < 4.78 is 0. The molecule has 0 saturated carbocycles. The Kier molecular flexibility index (Phi) is 6.32. The fourth-order valence-corrected chi connectivity index (χ4v) is 1.85. The van der Waals surface area contributed by atoms with Crippen molar-refractivity contribution in [3.8, 4) is 0 Å². The number of nitrogens with two attached hydrogens (primary N) is 1. The summed E-state index contributed by atoms with van der Waals surface area (Å²) in [5.41, 5.74) is 8.69. The topological polar surface area (TPSA) is 73.9 Å². The summed E-state index contributed by atoms with van der Waals surface area (Å²) in [6.07, 6.45) is 1.13. The Bertz CT molecular complexity index is 429. The van der Waals surface area contributed by atoms with E-state index in [4.69, 9.17) is 10.9 Å². The number of hydrogen-bond donors (Lipinski definition) is 3. The van der Waals surface area contributed by atoms with Gasteiger partial charge in [0.05, 0.1) is 0 Å². The number of nitrogens with one attached hydrogen (secondary N) is 1. The van der Waals surface area contributed by atoms with Gasteiger partial charge < -0.3 is 21.2 Å². The molecule has 0 radical (unpaired) electrons. The van der Waals surface area contributed by atoms with Crippen LogP contribution in [0.4, 0.5) is 0 Å². The third-order valence-corrected chi connectivity index (χ3v) is 3.02. The third kappa shape index (κ3) is 5.28. The molecule has 5 nitrogen and oxygen atoms in total. The maximum atomic E-state index is 8.64. The van der Waals surface area contributed by atoms with Crippen molar-refractivity contribution in [3.63, 3.8) is 0 Å². The Hall–Kier alpha value is -1.59. The lowest BCUT2D eigenvalue weighted by Crippen LogP contribution is -2.21. The van der Waals surface area contributed by atoms with E-state index in [9.17, 15) is 0 Å². The Morgan fingerprint density at radius 2 is 2.16 bits per heavy atom. The molecule has 0 spiro atoms. The summed E-state index contributed by atoms with van der Waals surface area (Å²) in [5, 5.41) is 15.1. The van der Waals surface area contributed by atoms with Crippen LogP contribution in [0.1, 0.15) is 23.1 Å². The number of benzene rings is 1. The first-order valence-corrected chi connectivity index (χ1v) is 6.47. The van der Waals surface area contributed by atoms with Gasteiger partial charge in [-0.1, -0.05) is 17.3 Å². The van der Waals surface area contributed by atoms with Gasteiger partial charge in [-0.3, -0.25) is 0 Å². The van der Waals surface area contributed by atoms with E-state index in [0.29, 0.717) is 0 Å². The SMILES string of the molecule is Cc1cc(/C(N)=N/O)ccc1CNCCCN(C)C. The van der Waals surface area contributed by atoms with Gasteiger partial charge in [0.1, 0.15) is 0 Å². The van der Waals surface area contributed by atoms with Gasteiger partial charge >= 0.3 is 0 Å². The molecule has 0 aromatic heterocycles. The second-order valence-corrected chi connectivity index (χ2v) is 4.96. The average molecular weight is 264 g/mol. The molecule has 4 N–H and O–H groups in total. The van der Waals surface area contributed by atoms with Crippen molar-refractivity contribution in [1.82, 2.24) is 10.2 Å². The Morgan fingerprint density at radius 1 is 1.42 bits per heavy atom. The minimum Gasteiger partial charge on any atom is -0.409 e. The van der Waals surface area contributed by atoms with Crippen LogP contribution in [0.15, 0.2) is 23.4 Å². The van der Waals surface area contributed by atoms with Crippen LogP contribution < -0.4 is 11.1 Å². The van der Waals surface area contributed by atoms with Gasteiger partial charge in [-0.25, -0.2) is 0 Å². The van der Waals surface area contributed by atoms with Crippen molar-refractivity contribution < 1.29 is 5.21 Å². The van der Waals surface area contributed by atoms with Gasteiger partial charge in [-0.05, 0) is 57.7 Å². The molecule has 0 aliphatic carbocycles. The molecule has 19 heavy (non-hydrogen) atoms. The second kappa shape index (κ2) is 7.76. The standard InChI is InChI=1S/C14H24N4O/c1-11-9-12(14(15)17-19)5-6-13(11)10-16-7-4-8-18(2)3/h5-6,9,16,19H,4,7-8,10H2,1-3H3,(H2,15,17). The summed E-state index contributed by atoms with van der Waals surface area (Å²) in [6, 6.07) is 5.83. The van der Waals surface area contributed by atoms with Crippen molar-refractivity contribution in [2.24, 2.45) is 10.9 Å². The lowest BCUT2D eigenvalue weighted by Gasteiger charge is -2.11. The molecule has 106 valence electrons. The van der Waals surface area contributed by atoms with E-state index in [2.05, 4.69) is 29.5 Å². The molecule has 5 heteroatoms. The van der Waals surface area contributed by atoms with Crippen LogP contribution in [-0.2, 0) is 6.54 Å². The smallest absolute Gasteiger partial charge is 0.170 e. The Balaban J connectivity index is 2.47. The molecule has 0 saturated heterocycles. The summed E-state index contributed by atoms with van der Waals surface area (Å²) in [5.74, 6) is 0.147. The van der Waals surface area contributed by atoms with Crippen molar-refractivity contribution in [2.45, 2.75) is 19.9 Å². The van der Waals surface area contributed by atoms with Gasteiger partial charge in [0.2, 0.25) is 0 Å². The predicted molar refractivity (Wildman–Crippen MR) is 78.6 cm³/mol. The number of oxime groups is 1. The first-order chi connectivity index (χ1) is 9.04. The van der Waals surface area contributed by atoms with Crippen LogP contribution in [0.3, 0.4) is 0 Å². The van der Waals surface area contributed by atoms with E-state index in [1.807, 2.05) is 25.1 Å². The largest absolute Gasteiger partial charge is 0.409 e. The molecule has 0 fully saturated rings. The highest BCUT2D eigenvalue weighted by Crippen LogP contribution is 2.11. The van der Waals surface area contributed by atoms with Crippen LogP contribution in [0, 0.1) is 6.92 Å². The molecule has 0 aliphatic rings. The molecule has 0 unspecified atom stereocenters. The highest BCUT2D eigenvalue weighted by atomic mass is 16.4. The number of aryl methyl sites for hydroxylation is 1. The quantitative estimate of drug-likeness (QED) is 0.227. The second-order valence-electron chi connectivity index (χ2n) is 4.96. The molecule has 0 amide bonds. The average Bonchev–Trinajstić information content (AvgIpc) is 2.38. The normalized spacial score (nSPS) is 12.1. The number of rotatable bonds is 7. The molecule has 1 aromatic carbocycles. The summed E-state index contributed by atoms with van der Waals surface area (Å²) >= 11 is 0. The van der Waals surface area contributed by atoms with E-state index in [-0.39, 0.29) is 5.84 Å².